The number of nitrogens with zero attached hydrogens (tertiary/aromatic N) is 1. The molecule has 8 nitrogen and oxygen atoms in total. The van der Waals surface area contributed by atoms with Gasteiger partial charge in [0.05, 0.1) is 28.9 Å². The van der Waals surface area contributed by atoms with Crippen LogP contribution in [-0.2, 0) is 9.53 Å². The molecule has 2 aromatic rings. The van der Waals surface area contributed by atoms with Crippen LogP contribution in [0.5, 0.6) is 0 Å². The third kappa shape index (κ3) is 4.86. The van der Waals surface area contributed by atoms with Crippen LogP contribution in [0.2, 0.25) is 5.02 Å². The number of benzene rings is 2. The molecule has 0 radical (unpaired) electrons. The minimum Gasteiger partial charge on any atom is -0.467 e. The molecule has 168 valence electrons. The fourth-order valence-electron chi connectivity index (χ4n) is 3.34. The topological polar surface area (TPSA) is 105 Å². The molecule has 1 aliphatic heterocycles. The lowest BCUT2D eigenvalue weighted by Crippen LogP contribution is -2.41. The highest BCUT2D eigenvalue weighted by atomic mass is 35.5. The number of amides is 4. The van der Waals surface area contributed by atoms with Crippen molar-refractivity contribution in [3.8, 4) is 0 Å². The lowest BCUT2D eigenvalue weighted by molar-refractivity contribution is -0.145. The Hall–Kier alpha value is -3.53. The molecule has 32 heavy (non-hydrogen) atoms. The number of halogens is 3. The second kappa shape index (κ2) is 9.73. The predicted octanol–water partition coefficient (Wildman–Crippen LogP) is 3.36. The van der Waals surface area contributed by atoms with E-state index in [1.807, 2.05) is 5.32 Å². The van der Waals surface area contributed by atoms with Gasteiger partial charge in [-0.2, -0.15) is 0 Å². The predicted molar refractivity (Wildman–Crippen MR) is 110 cm³/mol. The van der Waals surface area contributed by atoms with E-state index in [0.717, 1.165) is 0 Å². The molecule has 0 spiro atoms. The van der Waals surface area contributed by atoms with Crippen LogP contribution in [0.15, 0.2) is 36.4 Å². The molecular weight excluding hydrogens is 448 g/mol. The van der Waals surface area contributed by atoms with Crippen molar-refractivity contribution in [3.05, 3.63) is 64.2 Å². The quantitative estimate of drug-likeness (QED) is 0.532. The number of hydrogen-bond donors (Lipinski definition) is 2. The van der Waals surface area contributed by atoms with Crippen molar-refractivity contribution < 1.29 is 32.7 Å². The van der Waals surface area contributed by atoms with E-state index in [0.29, 0.717) is 31.5 Å². The van der Waals surface area contributed by atoms with Gasteiger partial charge in [-0.05, 0) is 37.1 Å². The Morgan fingerprint density at radius 1 is 1.09 bits per heavy atom. The van der Waals surface area contributed by atoms with Gasteiger partial charge in [-0.3, -0.25) is 14.9 Å². The van der Waals surface area contributed by atoms with Crippen LogP contribution in [-0.4, -0.2) is 48.4 Å². The van der Waals surface area contributed by atoms with Gasteiger partial charge in [-0.1, -0.05) is 23.7 Å². The maximum atomic E-state index is 13.4. The molecule has 2 N–H and O–H groups in total. The van der Waals surface area contributed by atoms with Crippen molar-refractivity contribution >= 4 is 41.1 Å². The summed E-state index contributed by atoms with van der Waals surface area (Å²) in [6.07, 6.45) is 1.07. The van der Waals surface area contributed by atoms with E-state index in [9.17, 15) is 28.0 Å². The summed E-state index contributed by atoms with van der Waals surface area (Å²) in [5.41, 5.74) is -0.269. The Morgan fingerprint density at radius 2 is 1.78 bits per heavy atom. The molecule has 11 heteroatoms. The molecule has 3 rings (SSSR count). The van der Waals surface area contributed by atoms with Crippen LogP contribution in [0, 0.1) is 11.6 Å². The molecule has 0 bridgehead atoms. The highest BCUT2D eigenvalue weighted by Crippen LogP contribution is 2.25. The number of anilines is 1. The fourth-order valence-corrected chi connectivity index (χ4v) is 3.58. The van der Waals surface area contributed by atoms with E-state index in [4.69, 9.17) is 16.3 Å². The number of likely N-dealkylation sites (tertiary alicyclic amines) is 1. The minimum absolute atomic E-state index is 0.0784. The molecule has 0 aliphatic carbocycles. The SMILES string of the molecule is COC(=O)[C@H]1CCCN1C(=O)c1ccccc1NC(=O)NC(=O)c1cc(F)c(F)cc1Cl. The molecular formula is C21H18ClF2N3O5. The molecule has 1 atom stereocenters. The number of para-hydroxylation sites is 1. The number of urea groups is 1. The zero-order valence-corrected chi connectivity index (χ0v) is 17.5. The normalized spacial score (nSPS) is 15.2. The van der Waals surface area contributed by atoms with Gasteiger partial charge in [-0.15, -0.1) is 0 Å². The first kappa shape index (κ1) is 23.1. The van der Waals surface area contributed by atoms with Gasteiger partial charge in [0.25, 0.3) is 11.8 Å². The largest absolute Gasteiger partial charge is 0.467 e. The van der Waals surface area contributed by atoms with E-state index in [1.54, 1.807) is 12.1 Å². The fraction of sp³-hybridized carbons (Fsp3) is 0.238. The van der Waals surface area contributed by atoms with Crippen LogP contribution < -0.4 is 10.6 Å². The molecule has 1 saturated heterocycles. The number of hydrogen-bond acceptors (Lipinski definition) is 5. The maximum absolute atomic E-state index is 13.4. The Balaban J connectivity index is 1.75. The van der Waals surface area contributed by atoms with Gasteiger partial charge < -0.3 is 15.0 Å². The molecule has 0 unspecified atom stereocenters. The average Bonchev–Trinajstić information content (AvgIpc) is 3.25. The zero-order chi connectivity index (χ0) is 23.4. The number of ether oxygens (including phenoxy) is 1. The lowest BCUT2D eigenvalue weighted by atomic mass is 10.1. The van der Waals surface area contributed by atoms with Gasteiger partial charge in [0, 0.05) is 6.54 Å². The van der Waals surface area contributed by atoms with E-state index < -0.39 is 47.1 Å². The van der Waals surface area contributed by atoms with Crippen LogP contribution >= 0.6 is 11.6 Å². The summed E-state index contributed by atoms with van der Waals surface area (Å²) >= 11 is 5.74. The molecule has 1 fully saturated rings. The smallest absolute Gasteiger partial charge is 0.328 e. The Bertz CT molecular complexity index is 1100. The number of carbonyl (C=O) groups excluding carboxylic acids is 4. The molecule has 1 aliphatic rings. The van der Waals surface area contributed by atoms with Gasteiger partial charge in [0.1, 0.15) is 6.04 Å². The van der Waals surface area contributed by atoms with Crippen LogP contribution in [0.1, 0.15) is 33.6 Å². The molecule has 0 aromatic heterocycles. The standard InChI is InChI=1S/C21H18ClF2N3O5/c1-32-20(30)17-7-4-8-27(17)19(29)11-5-2-3-6-16(11)25-21(31)26-18(28)12-9-14(23)15(24)10-13(12)22/h2-3,5-6,9-10,17H,4,7-8H2,1H3,(H2,25,26,28,31)/t17-/m1/s1. The summed E-state index contributed by atoms with van der Waals surface area (Å²) in [6.45, 7) is 0.340. The lowest BCUT2D eigenvalue weighted by Gasteiger charge is -2.23. The van der Waals surface area contributed by atoms with E-state index in [1.165, 1.54) is 24.1 Å². The van der Waals surface area contributed by atoms with Crippen LogP contribution in [0.25, 0.3) is 0 Å². The Labute approximate surface area is 186 Å². The number of imide groups is 1. The van der Waals surface area contributed by atoms with E-state index in [-0.39, 0.29) is 16.3 Å². The second-order valence-corrected chi connectivity index (χ2v) is 7.29. The highest BCUT2D eigenvalue weighted by molar-refractivity contribution is 6.34. The second-order valence-electron chi connectivity index (χ2n) is 6.88. The summed E-state index contributed by atoms with van der Waals surface area (Å²) < 4.78 is 31.3. The van der Waals surface area contributed by atoms with Gasteiger partial charge in [0.15, 0.2) is 11.6 Å². The van der Waals surface area contributed by atoms with Crippen molar-refractivity contribution in [1.82, 2.24) is 10.2 Å². The number of methoxy groups -OCH3 is 1. The Kier molecular flexibility index (Phi) is 7.04. The van der Waals surface area contributed by atoms with Gasteiger partial charge in [-0.25, -0.2) is 18.4 Å². The molecule has 1 heterocycles. The number of nitrogens with one attached hydrogen (secondary N) is 2. The number of rotatable bonds is 4. The van der Waals surface area contributed by atoms with Crippen molar-refractivity contribution in [2.24, 2.45) is 0 Å². The summed E-state index contributed by atoms with van der Waals surface area (Å²) in [4.78, 5) is 50.9. The van der Waals surface area contributed by atoms with Gasteiger partial charge in [0.2, 0.25) is 0 Å². The van der Waals surface area contributed by atoms with Crippen molar-refractivity contribution in [3.63, 3.8) is 0 Å². The van der Waals surface area contributed by atoms with Crippen LogP contribution in [0.4, 0.5) is 19.3 Å². The first-order valence-electron chi connectivity index (χ1n) is 9.47. The third-order valence-electron chi connectivity index (χ3n) is 4.87. The molecule has 4 amide bonds. The maximum Gasteiger partial charge on any atom is 0.328 e. The first-order chi connectivity index (χ1) is 15.2. The van der Waals surface area contributed by atoms with Crippen molar-refractivity contribution in [2.75, 3.05) is 19.0 Å². The van der Waals surface area contributed by atoms with Crippen LogP contribution in [0.3, 0.4) is 0 Å². The number of esters is 1. The zero-order valence-electron chi connectivity index (χ0n) is 16.8. The number of carbonyl (C=O) groups is 4. The van der Waals surface area contributed by atoms with E-state index >= 15 is 0 Å². The summed E-state index contributed by atoms with van der Waals surface area (Å²) in [5.74, 6) is -4.64. The summed E-state index contributed by atoms with van der Waals surface area (Å²) in [7, 11) is 1.24. The summed E-state index contributed by atoms with van der Waals surface area (Å²) in [5, 5.41) is 3.93. The van der Waals surface area contributed by atoms with Crippen molar-refractivity contribution in [2.45, 2.75) is 18.9 Å². The average molecular weight is 466 g/mol. The molecule has 0 saturated carbocycles. The first-order valence-corrected chi connectivity index (χ1v) is 9.85. The highest BCUT2D eigenvalue weighted by Gasteiger charge is 2.36. The third-order valence-corrected chi connectivity index (χ3v) is 5.19. The minimum atomic E-state index is -1.30. The van der Waals surface area contributed by atoms with Crippen molar-refractivity contribution in [1.29, 1.82) is 0 Å². The van der Waals surface area contributed by atoms with E-state index in [2.05, 4.69) is 5.32 Å². The monoisotopic (exact) mass is 465 g/mol. The molecule has 2 aromatic carbocycles. The van der Waals surface area contributed by atoms with Gasteiger partial charge >= 0.3 is 12.0 Å². The Morgan fingerprint density at radius 3 is 2.50 bits per heavy atom. The summed E-state index contributed by atoms with van der Waals surface area (Å²) in [6, 6.07) is 5.45.